The number of carbonyl (C=O) groups excluding carboxylic acids is 1. The highest BCUT2D eigenvalue weighted by atomic mass is 16.3. The van der Waals surface area contributed by atoms with Crippen LogP contribution in [0.15, 0.2) is 28.5 Å². The lowest BCUT2D eigenvalue weighted by atomic mass is 10.1. The van der Waals surface area contributed by atoms with E-state index in [0.29, 0.717) is 6.21 Å². The van der Waals surface area contributed by atoms with Crippen molar-refractivity contribution < 1.29 is 15.0 Å². The maximum absolute atomic E-state index is 11.2. The van der Waals surface area contributed by atoms with E-state index in [-0.39, 0.29) is 17.1 Å². The fourth-order valence-corrected chi connectivity index (χ4v) is 0.924. The number of rotatable bonds is 3. The van der Waals surface area contributed by atoms with Crippen LogP contribution in [-0.4, -0.2) is 22.2 Å². The molecule has 0 aliphatic rings. The van der Waals surface area contributed by atoms with Gasteiger partial charge in [-0.25, -0.2) is 0 Å². The zero-order chi connectivity index (χ0) is 10.6. The van der Waals surface area contributed by atoms with Gasteiger partial charge in [-0.05, 0) is 18.3 Å². The Hall–Kier alpha value is -2.24. The Kier molecular flexibility index (Phi) is 2.90. The second-order valence-electron chi connectivity index (χ2n) is 2.37. The van der Waals surface area contributed by atoms with Gasteiger partial charge in [0.15, 0.2) is 5.78 Å². The number of phenols is 2. The molecule has 0 aliphatic carbocycles. The fraction of sp³-hybridized carbons (Fsp3) is 0. The predicted octanol–water partition coefficient (Wildman–Crippen LogP) is 1.29. The molecule has 0 saturated heterocycles. The Bertz CT molecular complexity index is 381. The third-order valence-corrected chi connectivity index (χ3v) is 1.49. The molecule has 0 amide bonds. The van der Waals surface area contributed by atoms with Crippen LogP contribution in [0.25, 0.3) is 5.53 Å². The molecule has 0 spiro atoms. The van der Waals surface area contributed by atoms with E-state index < -0.39 is 5.78 Å². The van der Waals surface area contributed by atoms with E-state index in [1.54, 1.807) is 0 Å². The summed E-state index contributed by atoms with van der Waals surface area (Å²) in [7, 11) is 0. The van der Waals surface area contributed by atoms with Gasteiger partial charge in [0, 0.05) is 0 Å². The van der Waals surface area contributed by atoms with Crippen molar-refractivity contribution in [1.29, 1.82) is 0 Å². The van der Waals surface area contributed by atoms with Gasteiger partial charge in [0.2, 0.25) is 0 Å². The van der Waals surface area contributed by atoms with Crippen LogP contribution in [0.1, 0.15) is 10.4 Å². The molecule has 0 bridgehead atoms. The lowest BCUT2D eigenvalue weighted by Gasteiger charge is -2.02. The molecule has 0 radical (unpaired) electrons. The zero-order valence-corrected chi connectivity index (χ0v) is 6.95. The van der Waals surface area contributed by atoms with Crippen LogP contribution in [0.2, 0.25) is 0 Å². The van der Waals surface area contributed by atoms with Crippen LogP contribution >= 0.6 is 0 Å². The van der Waals surface area contributed by atoms with Gasteiger partial charge in [0.1, 0.15) is 17.1 Å². The predicted molar refractivity (Wildman–Crippen MR) is 48.4 cm³/mol. The van der Waals surface area contributed by atoms with Crippen LogP contribution in [0, 0.1) is 0 Å². The smallest absolute Gasteiger partial charge is 0.190 e. The summed E-state index contributed by atoms with van der Waals surface area (Å²) in [6, 6.07) is 3.88. The number of phenolic OH excluding ortho intramolecular Hbond substituents is 2. The summed E-state index contributed by atoms with van der Waals surface area (Å²) >= 11 is 0. The van der Waals surface area contributed by atoms with Crippen LogP contribution in [-0.2, 0) is 0 Å². The van der Waals surface area contributed by atoms with Crippen molar-refractivity contribution in [1.82, 2.24) is 0 Å². The van der Waals surface area contributed by atoms with Gasteiger partial charge in [0.25, 0.3) is 0 Å². The Morgan fingerprint density at radius 1 is 1.36 bits per heavy atom. The van der Waals surface area contributed by atoms with Crippen LogP contribution in [0.4, 0.5) is 0 Å². The lowest BCUT2D eigenvalue weighted by Crippen LogP contribution is -2.00. The molecule has 0 unspecified atom stereocenters. The first kappa shape index (κ1) is 9.85. The van der Waals surface area contributed by atoms with Crippen molar-refractivity contribution in [2.24, 2.45) is 10.3 Å². The van der Waals surface area contributed by atoms with Gasteiger partial charge in [0.05, 0.1) is 0 Å². The number of carbonyl (C=O) groups is 1. The third-order valence-electron chi connectivity index (χ3n) is 1.49. The monoisotopic (exact) mass is 192 g/mol. The molecule has 0 aromatic heterocycles. The molecule has 1 rings (SSSR count). The third kappa shape index (κ3) is 1.92. The maximum Gasteiger partial charge on any atom is 0.190 e. The Labute approximate surface area is 79.0 Å². The number of ketones is 1. The Morgan fingerprint density at radius 2 is 1.93 bits per heavy atom. The standard InChI is InChI=1S/C8H6N3O3/c9-11-10-4-7(14)8-5(12)2-1-3-6(8)13/h1-4,12-13H/q-1. The van der Waals surface area contributed by atoms with E-state index in [0.717, 1.165) is 0 Å². The number of nitrogens with zero attached hydrogens (tertiary/aromatic N) is 3. The lowest BCUT2D eigenvalue weighted by molar-refractivity contribution is 0.106. The summed E-state index contributed by atoms with van der Waals surface area (Å²) in [4.78, 5) is 11.2. The highest BCUT2D eigenvalue weighted by molar-refractivity contribution is 6.36. The molecule has 2 N–H and O–H groups in total. The van der Waals surface area contributed by atoms with Gasteiger partial charge in [-0.1, -0.05) is 6.07 Å². The highest BCUT2D eigenvalue weighted by Crippen LogP contribution is 2.25. The highest BCUT2D eigenvalue weighted by Gasteiger charge is 2.12. The number of hydrogen-bond acceptors (Lipinski definition) is 4. The molecule has 14 heavy (non-hydrogen) atoms. The molecular formula is C8H6N3O3-. The Balaban J connectivity index is 3.12. The average Bonchev–Trinajstić information content (AvgIpc) is 2.14. The summed E-state index contributed by atoms with van der Waals surface area (Å²) in [6.07, 6.45) is 0.675. The van der Waals surface area contributed by atoms with E-state index in [2.05, 4.69) is 10.3 Å². The van der Waals surface area contributed by atoms with E-state index in [1.807, 2.05) is 0 Å². The van der Waals surface area contributed by atoms with Gasteiger partial charge >= 0.3 is 0 Å². The molecule has 6 heteroatoms. The molecule has 1 aromatic carbocycles. The summed E-state index contributed by atoms with van der Waals surface area (Å²) in [5.41, 5.74) is 7.67. The molecule has 6 nitrogen and oxygen atoms in total. The van der Waals surface area contributed by atoms with E-state index in [4.69, 9.17) is 5.53 Å². The van der Waals surface area contributed by atoms with Crippen LogP contribution < -0.4 is 0 Å². The van der Waals surface area contributed by atoms with E-state index >= 15 is 0 Å². The van der Waals surface area contributed by atoms with Crippen molar-refractivity contribution in [2.75, 3.05) is 0 Å². The topological polar surface area (TPSA) is 105 Å². The SMILES string of the molecule is [N-]=NN=CC(=O)c1c(O)cccc1O. The van der Waals surface area contributed by atoms with Gasteiger partial charge in [-0.3, -0.25) is 10.0 Å². The van der Waals surface area contributed by atoms with Gasteiger partial charge in [-0.2, -0.15) is 0 Å². The van der Waals surface area contributed by atoms with E-state index in [9.17, 15) is 15.0 Å². The molecule has 0 atom stereocenters. The molecule has 0 heterocycles. The minimum atomic E-state index is -0.751. The quantitative estimate of drug-likeness (QED) is 0.326. The number of aromatic hydroxyl groups is 2. The summed E-state index contributed by atoms with van der Waals surface area (Å²) < 4.78 is 0. The van der Waals surface area contributed by atoms with Crippen molar-refractivity contribution in [2.45, 2.75) is 0 Å². The normalized spacial score (nSPS) is 10.3. The second kappa shape index (κ2) is 4.13. The first-order chi connectivity index (χ1) is 6.66. The van der Waals surface area contributed by atoms with Crippen molar-refractivity contribution in [3.8, 4) is 11.5 Å². The number of Topliss-reactive ketones (excluding diaryl/α,β-unsaturated/α-hetero) is 1. The van der Waals surface area contributed by atoms with Crippen LogP contribution in [0.3, 0.4) is 0 Å². The first-order valence-corrected chi connectivity index (χ1v) is 3.59. The largest absolute Gasteiger partial charge is 0.507 e. The maximum atomic E-state index is 11.2. The van der Waals surface area contributed by atoms with Crippen molar-refractivity contribution in [3.63, 3.8) is 0 Å². The summed E-state index contributed by atoms with van der Waals surface area (Å²) in [6.45, 7) is 0. The molecular weight excluding hydrogens is 186 g/mol. The second-order valence-corrected chi connectivity index (χ2v) is 2.37. The molecule has 0 saturated carbocycles. The minimum Gasteiger partial charge on any atom is -0.507 e. The zero-order valence-electron chi connectivity index (χ0n) is 6.95. The molecule has 0 aliphatic heterocycles. The molecule has 0 fully saturated rings. The molecule has 72 valence electrons. The van der Waals surface area contributed by atoms with E-state index in [1.165, 1.54) is 18.2 Å². The number of hydrogen-bond donors (Lipinski definition) is 2. The fourth-order valence-electron chi connectivity index (χ4n) is 0.924. The molecule has 1 aromatic rings. The minimum absolute atomic E-state index is 0.278. The first-order valence-electron chi connectivity index (χ1n) is 3.59. The summed E-state index contributed by atoms with van der Waals surface area (Å²) in [5, 5.41) is 23.7. The van der Waals surface area contributed by atoms with Crippen molar-refractivity contribution >= 4 is 12.0 Å². The van der Waals surface area contributed by atoms with Crippen molar-refractivity contribution in [3.05, 3.63) is 29.3 Å². The van der Waals surface area contributed by atoms with Gasteiger partial charge < -0.3 is 20.8 Å². The summed E-state index contributed by atoms with van der Waals surface area (Å²) in [5.74, 6) is -1.47. The average molecular weight is 192 g/mol. The Morgan fingerprint density at radius 3 is 2.43 bits per heavy atom. The van der Waals surface area contributed by atoms with Gasteiger partial charge in [-0.15, -0.1) is 0 Å². The number of benzene rings is 1. The van der Waals surface area contributed by atoms with Crippen LogP contribution in [0.5, 0.6) is 11.5 Å².